The molecule has 0 saturated heterocycles. The van der Waals surface area contributed by atoms with Crippen LogP contribution in [-0.4, -0.2) is 14.5 Å². The van der Waals surface area contributed by atoms with Gasteiger partial charge in [0.25, 0.3) is 0 Å². The zero-order chi connectivity index (χ0) is 36.5. The van der Waals surface area contributed by atoms with E-state index >= 15 is 0 Å². The summed E-state index contributed by atoms with van der Waals surface area (Å²) in [6, 6.07) is 57.6. The molecule has 0 N–H and O–H groups in total. The van der Waals surface area contributed by atoms with E-state index in [-0.39, 0.29) is 0 Å². The fourth-order valence-corrected chi connectivity index (χ4v) is 10.1. The topological polar surface area (TPSA) is 57.0 Å². The largest absolute Gasteiger partial charge is 0.455 e. The zero-order valence-corrected chi connectivity index (χ0v) is 30.5. The summed E-state index contributed by atoms with van der Waals surface area (Å²) in [5, 5.41) is 10.2. The Morgan fingerprint density at radius 3 is 2.02 bits per heavy atom. The molecule has 0 fully saturated rings. The number of furan rings is 2. The summed E-state index contributed by atoms with van der Waals surface area (Å²) in [4.78, 5) is 10.7. The van der Waals surface area contributed by atoms with Crippen LogP contribution in [0.5, 0.6) is 0 Å². The van der Waals surface area contributed by atoms with Crippen molar-refractivity contribution in [2.45, 2.75) is 0 Å². The smallest absolute Gasteiger partial charge is 0.236 e. The Kier molecular flexibility index (Phi) is 5.98. The molecule has 0 spiro atoms. The number of hydrogen-bond donors (Lipinski definition) is 0. The fraction of sp³-hybridized carbons (Fsp3) is 0. The van der Waals surface area contributed by atoms with Crippen molar-refractivity contribution in [1.82, 2.24) is 14.5 Å². The number of nitrogens with zero attached hydrogens (tertiary/aromatic N) is 3. The van der Waals surface area contributed by atoms with E-state index in [0.29, 0.717) is 11.5 Å². The van der Waals surface area contributed by atoms with E-state index in [1.165, 1.54) is 30.9 Å². The van der Waals surface area contributed by atoms with E-state index in [2.05, 4.69) is 150 Å². The number of aromatic nitrogens is 3. The SMILES string of the molecule is c1ccc(-c2cc3oc4c(ccc5c4c4ccccc4n5-c4nc(-c5ccc6c(c5)sc5ccccc56)c5oc6ccccc6c5n4)c3c3ccccc23)cc1. The molecule has 56 heavy (non-hydrogen) atoms. The van der Waals surface area contributed by atoms with Crippen molar-refractivity contribution in [2.75, 3.05) is 0 Å². The summed E-state index contributed by atoms with van der Waals surface area (Å²) in [6.45, 7) is 0. The van der Waals surface area contributed by atoms with Crippen LogP contribution in [0.25, 0.3) is 125 Å². The van der Waals surface area contributed by atoms with Crippen LogP contribution < -0.4 is 0 Å². The highest BCUT2D eigenvalue weighted by molar-refractivity contribution is 7.25. The molecule has 0 bridgehead atoms. The highest BCUT2D eigenvalue weighted by Crippen LogP contribution is 2.45. The van der Waals surface area contributed by atoms with E-state index < -0.39 is 0 Å². The van der Waals surface area contributed by atoms with Crippen molar-refractivity contribution < 1.29 is 8.83 Å². The van der Waals surface area contributed by atoms with E-state index in [1.54, 1.807) is 11.3 Å². The number of para-hydroxylation sites is 2. The van der Waals surface area contributed by atoms with Crippen LogP contribution in [-0.2, 0) is 0 Å². The number of fused-ring (bicyclic) bond motifs is 15. The standard InChI is InChI=1S/C50H27N3O2S/c1-2-12-28(13-3-1)37-27-41-44(33-16-5-4-14-30(33)37)36-24-25-39-45(48(36)55-41)34-17-6-9-19-38(34)53(39)50-51-46(49-47(52-50)35-18-7-10-20-40(35)54-49)29-22-23-32-31-15-8-11-21-42(31)56-43(32)26-29/h1-27H. The molecule has 0 atom stereocenters. The number of benzene rings is 8. The molecule has 0 saturated carbocycles. The lowest BCUT2D eigenvalue weighted by atomic mass is 9.95. The molecule has 8 aromatic carbocycles. The summed E-state index contributed by atoms with van der Waals surface area (Å²) < 4.78 is 18.2. The molecule has 0 radical (unpaired) electrons. The molecular weight excluding hydrogens is 707 g/mol. The molecular formula is C50H27N3O2S. The average Bonchev–Trinajstić information content (AvgIpc) is 4.02. The monoisotopic (exact) mass is 733 g/mol. The summed E-state index contributed by atoms with van der Waals surface area (Å²) in [6.07, 6.45) is 0. The molecule has 13 aromatic rings. The average molecular weight is 734 g/mol. The lowest BCUT2D eigenvalue weighted by Crippen LogP contribution is -2.02. The van der Waals surface area contributed by atoms with Crippen molar-refractivity contribution in [3.05, 3.63) is 164 Å². The van der Waals surface area contributed by atoms with Gasteiger partial charge in [0.05, 0.1) is 16.4 Å². The molecule has 0 amide bonds. The maximum absolute atomic E-state index is 7.00. The highest BCUT2D eigenvalue weighted by Gasteiger charge is 2.24. The Hall–Kier alpha value is -7.28. The third-order valence-corrected chi connectivity index (χ3v) is 12.6. The van der Waals surface area contributed by atoms with E-state index in [4.69, 9.17) is 18.8 Å². The van der Waals surface area contributed by atoms with Gasteiger partial charge in [0.2, 0.25) is 5.95 Å². The minimum Gasteiger partial charge on any atom is -0.455 e. The first kappa shape index (κ1) is 30.1. The Balaban J connectivity index is 1.12. The summed E-state index contributed by atoms with van der Waals surface area (Å²) in [7, 11) is 0. The maximum atomic E-state index is 7.00. The first-order chi connectivity index (χ1) is 27.8. The van der Waals surface area contributed by atoms with Crippen LogP contribution in [0.4, 0.5) is 0 Å². The molecule has 0 unspecified atom stereocenters. The Labute approximate surface area is 322 Å². The lowest BCUT2D eigenvalue weighted by Gasteiger charge is -2.09. The Bertz CT molecular complexity index is 3770. The minimum atomic E-state index is 0.578. The van der Waals surface area contributed by atoms with Crippen LogP contribution in [0.3, 0.4) is 0 Å². The van der Waals surface area contributed by atoms with Gasteiger partial charge in [-0.1, -0.05) is 115 Å². The van der Waals surface area contributed by atoms with Gasteiger partial charge < -0.3 is 8.83 Å². The molecule has 0 aliphatic heterocycles. The Morgan fingerprint density at radius 1 is 0.429 bits per heavy atom. The predicted octanol–water partition coefficient (Wildman–Crippen LogP) is 14.2. The lowest BCUT2D eigenvalue weighted by molar-refractivity contribution is 0.666. The third-order valence-electron chi connectivity index (χ3n) is 11.4. The van der Waals surface area contributed by atoms with Gasteiger partial charge in [0, 0.05) is 47.3 Å². The third kappa shape index (κ3) is 4.08. The van der Waals surface area contributed by atoms with Crippen molar-refractivity contribution in [3.8, 4) is 28.3 Å². The molecule has 5 aromatic heterocycles. The number of rotatable bonds is 3. The molecule has 5 heterocycles. The van der Waals surface area contributed by atoms with Gasteiger partial charge in [-0.25, -0.2) is 9.97 Å². The molecule has 0 aliphatic rings. The van der Waals surface area contributed by atoms with Crippen LogP contribution in [0.2, 0.25) is 0 Å². The zero-order valence-electron chi connectivity index (χ0n) is 29.7. The fourth-order valence-electron chi connectivity index (χ4n) is 8.97. The normalized spacial score (nSPS) is 12.3. The first-order valence-corrected chi connectivity index (χ1v) is 19.6. The number of hydrogen-bond acceptors (Lipinski definition) is 5. The molecule has 6 heteroatoms. The summed E-state index contributed by atoms with van der Waals surface area (Å²) >= 11 is 1.80. The molecule has 260 valence electrons. The Morgan fingerprint density at radius 2 is 1.12 bits per heavy atom. The second-order valence-electron chi connectivity index (χ2n) is 14.5. The van der Waals surface area contributed by atoms with Crippen LogP contribution in [0.1, 0.15) is 0 Å². The van der Waals surface area contributed by atoms with Crippen LogP contribution in [0, 0.1) is 0 Å². The second-order valence-corrected chi connectivity index (χ2v) is 15.5. The molecule has 0 aliphatic carbocycles. The molecule has 5 nitrogen and oxygen atoms in total. The van der Waals surface area contributed by atoms with E-state index in [9.17, 15) is 0 Å². The van der Waals surface area contributed by atoms with E-state index in [1.807, 2.05) is 18.2 Å². The number of thiophene rings is 1. The van der Waals surface area contributed by atoms with Gasteiger partial charge >= 0.3 is 0 Å². The molecule has 13 rings (SSSR count). The van der Waals surface area contributed by atoms with Gasteiger partial charge in [-0.2, -0.15) is 0 Å². The summed E-state index contributed by atoms with van der Waals surface area (Å²) in [5.41, 5.74) is 10.0. The minimum absolute atomic E-state index is 0.578. The predicted molar refractivity (Wildman–Crippen MR) is 232 cm³/mol. The van der Waals surface area contributed by atoms with Crippen molar-refractivity contribution in [1.29, 1.82) is 0 Å². The van der Waals surface area contributed by atoms with Gasteiger partial charge in [0.1, 0.15) is 28.0 Å². The van der Waals surface area contributed by atoms with Crippen LogP contribution >= 0.6 is 11.3 Å². The maximum Gasteiger partial charge on any atom is 0.236 e. The van der Waals surface area contributed by atoms with Gasteiger partial charge in [-0.15, -0.1) is 11.3 Å². The van der Waals surface area contributed by atoms with Gasteiger partial charge in [0.15, 0.2) is 5.58 Å². The van der Waals surface area contributed by atoms with Crippen LogP contribution in [0.15, 0.2) is 173 Å². The van der Waals surface area contributed by atoms with Crippen molar-refractivity contribution >= 4 is 108 Å². The van der Waals surface area contributed by atoms with Gasteiger partial charge in [-0.05, 0) is 70.4 Å². The first-order valence-electron chi connectivity index (χ1n) is 18.7. The van der Waals surface area contributed by atoms with Gasteiger partial charge in [-0.3, -0.25) is 4.57 Å². The van der Waals surface area contributed by atoms with E-state index in [0.717, 1.165) is 82.6 Å². The quantitative estimate of drug-likeness (QED) is 0.181. The van der Waals surface area contributed by atoms with Crippen molar-refractivity contribution in [3.63, 3.8) is 0 Å². The second kappa shape index (κ2) is 11.1. The highest BCUT2D eigenvalue weighted by atomic mass is 32.1. The van der Waals surface area contributed by atoms with Crippen molar-refractivity contribution in [2.24, 2.45) is 0 Å². The summed E-state index contributed by atoms with van der Waals surface area (Å²) in [5.74, 6) is 0.578.